The molecule has 4 nitrogen and oxygen atoms in total. The van der Waals surface area contributed by atoms with Gasteiger partial charge in [0.15, 0.2) is 0 Å². The minimum Gasteiger partial charge on any atom is -0.755 e. The fourth-order valence-corrected chi connectivity index (χ4v) is 2.89. The first-order valence-electron chi connectivity index (χ1n) is 8.12. The fraction of sp³-hybridized carbons (Fsp3) is 0.278. The zero-order chi connectivity index (χ0) is 20.9. The van der Waals surface area contributed by atoms with Crippen LogP contribution in [0.25, 0.3) is 0 Å². The average Bonchev–Trinajstić information content (AvgIpc) is 2.63. The van der Waals surface area contributed by atoms with E-state index in [1.807, 2.05) is 0 Å². The molecule has 2 aromatic rings. The van der Waals surface area contributed by atoms with E-state index in [2.05, 4.69) is 5.32 Å². The Labute approximate surface area is 168 Å². The third-order valence-electron chi connectivity index (χ3n) is 3.99. The first-order chi connectivity index (χ1) is 13.1. The van der Waals surface area contributed by atoms with E-state index in [1.165, 1.54) is 31.3 Å². The van der Waals surface area contributed by atoms with E-state index in [1.54, 1.807) is 6.07 Å². The number of rotatable bonds is 7. The van der Waals surface area contributed by atoms with Crippen molar-refractivity contribution in [2.75, 3.05) is 11.4 Å². The summed E-state index contributed by atoms with van der Waals surface area (Å²) in [5.74, 6) is -0.679. The molecule has 1 atom stereocenters. The normalized spacial score (nSPS) is 12.5. The second-order valence-corrected chi connectivity index (χ2v) is 7.45. The molecule has 0 aliphatic rings. The first kappa shape index (κ1) is 22.3. The minimum absolute atomic E-state index is 0.0676. The minimum atomic E-state index is -4.36. The molecular formula is C18H17F4N2O2S2-. The van der Waals surface area contributed by atoms with Crippen LogP contribution in [0.15, 0.2) is 42.5 Å². The van der Waals surface area contributed by atoms with Crippen LogP contribution >= 0.6 is 12.2 Å². The van der Waals surface area contributed by atoms with Crippen LogP contribution in [0.5, 0.6) is 0 Å². The molecule has 0 heterocycles. The SMILES string of the molecule is CN(c1ccc(CNC(=S)CCc2ccc(C(F)(F)F)cc2)cc1F)S(=O)[O-]. The molecule has 2 rings (SSSR count). The van der Waals surface area contributed by atoms with Gasteiger partial charge in [0.1, 0.15) is 5.82 Å². The van der Waals surface area contributed by atoms with E-state index >= 15 is 0 Å². The number of hydrogen-bond acceptors (Lipinski definition) is 3. The van der Waals surface area contributed by atoms with Crippen LogP contribution in [0.4, 0.5) is 23.2 Å². The van der Waals surface area contributed by atoms with Gasteiger partial charge in [-0.1, -0.05) is 30.4 Å². The summed E-state index contributed by atoms with van der Waals surface area (Å²) >= 11 is 2.62. The second kappa shape index (κ2) is 9.44. The first-order valence-corrected chi connectivity index (χ1v) is 9.56. The highest BCUT2D eigenvalue weighted by molar-refractivity contribution is 7.80. The number of benzene rings is 2. The summed E-state index contributed by atoms with van der Waals surface area (Å²) in [5.41, 5.74) is 0.528. The van der Waals surface area contributed by atoms with Crippen LogP contribution in [-0.4, -0.2) is 20.8 Å². The highest BCUT2D eigenvalue weighted by atomic mass is 32.2. The molecule has 0 radical (unpaired) electrons. The van der Waals surface area contributed by atoms with Crippen LogP contribution in [0.3, 0.4) is 0 Å². The van der Waals surface area contributed by atoms with Crippen LogP contribution in [0.2, 0.25) is 0 Å². The monoisotopic (exact) mass is 433 g/mol. The van der Waals surface area contributed by atoms with Gasteiger partial charge < -0.3 is 14.2 Å². The lowest BCUT2D eigenvalue weighted by Gasteiger charge is -2.22. The van der Waals surface area contributed by atoms with Gasteiger partial charge in [-0.15, -0.1) is 0 Å². The molecule has 1 N–H and O–H groups in total. The van der Waals surface area contributed by atoms with Crippen molar-refractivity contribution in [2.45, 2.75) is 25.6 Å². The van der Waals surface area contributed by atoms with Crippen LogP contribution in [0, 0.1) is 5.82 Å². The smallest absolute Gasteiger partial charge is 0.416 e. The molecule has 1 unspecified atom stereocenters. The molecule has 28 heavy (non-hydrogen) atoms. The Kier molecular flexibility index (Phi) is 7.50. The molecule has 0 aliphatic carbocycles. The van der Waals surface area contributed by atoms with Crippen LogP contribution in [0.1, 0.15) is 23.1 Å². The highest BCUT2D eigenvalue weighted by Gasteiger charge is 2.29. The van der Waals surface area contributed by atoms with E-state index in [9.17, 15) is 26.3 Å². The van der Waals surface area contributed by atoms with E-state index < -0.39 is 28.8 Å². The molecule has 0 bridgehead atoms. The molecule has 0 fully saturated rings. The maximum atomic E-state index is 14.0. The number of nitrogens with zero attached hydrogens (tertiary/aromatic N) is 1. The second-order valence-electron chi connectivity index (χ2n) is 5.97. The number of anilines is 1. The van der Waals surface area contributed by atoms with Gasteiger partial charge in [-0.3, -0.25) is 4.21 Å². The zero-order valence-corrected chi connectivity index (χ0v) is 16.4. The summed E-state index contributed by atoms with van der Waals surface area (Å²) in [7, 11) is 1.23. The Morgan fingerprint density at radius 3 is 2.32 bits per heavy atom. The Morgan fingerprint density at radius 2 is 1.79 bits per heavy atom. The number of hydrogen-bond donors (Lipinski definition) is 1. The molecule has 0 aromatic heterocycles. The Bertz CT molecular complexity index is 858. The maximum Gasteiger partial charge on any atom is 0.416 e. The number of alkyl halides is 3. The van der Waals surface area contributed by atoms with Crippen molar-refractivity contribution in [3.63, 3.8) is 0 Å². The van der Waals surface area contributed by atoms with Crippen molar-refractivity contribution in [1.29, 1.82) is 0 Å². The van der Waals surface area contributed by atoms with Gasteiger partial charge in [0, 0.05) is 31.3 Å². The zero-order valence-electron chi connectivity index (χ0n) is 14.8. The number of thiocarbonyl (C=S) groups is 1. The molecule has 2 aromatic carbocycles. The van der Waals surface area contributed by atoms with Crippen LogP contribution < -0.4 is 9.62 Å². The van der Waals surface area contributed by atoms with Crippen molar-refractivity contribution < 1.29 is 26.3 Å². The molecule has 0 spiro atoms. The number of nitrogens with one attached hydrogen (secondary N) is 1. The molecule has 0 aliphatic heterocycles. The highest BCUT2D eigenvalue weighted by Crippen LogP contribution is 2.29. The van der Waals surface area contributed by atoms with Gasteiger partial charge in [0.25, 0.3) is 0 Å². The van der Waals surface area contributed by atoms with Gasteiger partial charge in [0.2, 0.25) is 0 Å². The van der Waals surface area contributed by atoms with E-state index in [0.717, 1.165) is 22.0 Å². The quantitative estimate of drug-likeness (QED) is 0.405. The predicted molar refractivity (Wildman–Crippen MR) is 103 cm³/mol. The van der Waals surface area contributed by atoms with Crippen molar-refractivity contribution in [1.82, 2.24) is 5.32 Å². The lowest BCUT2D eigenvalue weighted by Crippen LogP contribution is -2.22. The maximum absolute atomic E-state index is 14.0. The summed E-state index contributed by atoms with van der Waals surface area (Å²) in [6.07, 6.45) is -3.46. The van der Waals surface area contributed by atoms with Crippen LogP contribution in [-0.2, 0) is 30.4 Å². The number of aryl methyl sites for hydroxylation is 1. The van der Waals surface area contributed by atoms with Crippen molar-refractivity contribution in [2.24, 2.45) is 0 Å². The third kappa shape index (κ3) is 6.25. The summed E-state index contributed by atoms with van der Waals surface area (Å²) in [6, 6.07) is 9.03. The van der Waals surface area contributed by atoms with Crippen molar-refractivity contribution in [3.05, 3.63) is 65.0 Å². The van der Waals surface area contributed by atoms with E-state index in [4.69, 9.17) is 12.2 Å². The summed E-state index contributed by atoms with van der Waals surface area (Å²) in [4.78, 5) is 0.488. The average molecular weight is 433 g/mol. The van der Waals surface area contributed by atoms with Gasteiger partial charge in [-0.25, -0.2) is 4.39 Å². The Morgan fingerprint density at radius 1 is 1.18 bits per heavy atom. The largest absolute Gasteiger partial charge is 0.755 e. The topological polar surface area (TPSA) is 55.4 Å². The standard InChI is InChI=1S/C18H18F4N2O2S2/c1-24(28(25)26)16-8-4-13(10-15(16)19)11-23-17(27)9-5-12-2-6-14(7-3-12)18(20,21)22/h2-4,6-8,10H,5,9,11H2,1H3,(H,23,27)(H,25,26)/p-1. The van der Waals surface area contributed by atoms with Gasteiger partial charge in [-0.2, -0.15) is 13.2 Å². The molecular weight excluding hydrogens is 416 g/mol. The summed E-state index contributed by atoms with van der Waals surface area (Å²) < 4.78 is 74.2. The lowest BCUT2D eigenvalue weighted by atomic mass is 10.1. The molecule has 152 valence electrons. The fourth-order valence-electron chi connectivity index (χ4n) is 2.40. The van der Waals surface area contributed by atoms with Gasteiger partial charge in [0.05, 0.1) is 16.2 Å². The summed E-state index contributed by atoms with van der Waals surface area (Å²) in [6.45, 7) is 0.243. The Hall–Kier alpha value is -2.04. The van der Waals surface area contributed by atoms with E-state index in [-0.39, 0.29) is 12.2 Å². The van der Waals surface area contributed by atoms with Gasteiger partial charge in [-0.05, 0) is 41.8 Å². The van der Waals surface area contributed by atoms with Gasteiger partial charge >= 0.3 is 6.18 Å². The number of halogens is 4. The molecule has 0 saturated heterocycles. The predicted octanol–water partition coefficient (Wildman–Crippen LogP) is 4.12. The van der Waals surface area contributed by atoms with E-state index in [0.29, 0.717) is 23.4 Å². The lowest BCUT2D eigenvalue weighted by molar-refractivity contribution is -0.137. The molecule has 0 amide bonds. The van der Waals surface area contributed by atoms with Crippen molar-refractivity contribution in [3.8, 4) is 0 Å². The molecule has 10 heteroatoms. The molecule has 0 saturated carbocycles. The summed E-state index contributed by atoms with van der Waals surface area (Å²) in [5, 5.41) is 2.95. The van der Waals surface area contributed by atoms with Crippen molar-refractivity contribution >= 4 is 34.2 Å². The Balaban J connectivity index is 1.85. The third-order valence-corrected chi connectivity index (χ3v) is 4.98.